The van der Waals surface area contributed by atoms with E-state index in [9.17, 15) is 4.79 Å². The summed E-state index contributed by atoms with van der Waals surface area (Å²) in [5, 5.41) is 8.88. The van der Waals surface area contributed by atoms with Crippen molar-refractivity contribution in [2.45, 2.75) is 0 Å². The Morgan fingerprint density at radius 1 is 0.938 bits per heavy atom. The van der Waals surface area contributed by atoms with Crippen LogP contribution in [-0.4, -0.2) is 11.4 Å². The summed E-state index contributed by atoms with van der Waals surface area (Å²) in [6.07, 6.45) is 0.620. The van der Waals surface area contributed by atoms with Gasteiger partial charge in [0.2, 0.25) is 0 Å². The lowest BCUT2D eigenvalue weighted by molar-refractivity contribution is 0.112. The van der Waals surface area contributed by atoms with Crippen LogP contribution >= 0.6 is 0 Å². The largest absolute Gasteiger partial charge is 0.507 e. The van der Waals surface area contributed by atoms with Crippen LogP contribution in [0.1, 0.15) is 10.4 Å². The predicted octanol–water partition coefficient (Wildman–Crippen LogP) is 2.47. The van der Waals surface area contributed by atoms with E-state index in [4.69, 9.17) is 10.8 Å². The van der Waals surface area contributed by atoms with Crippen molar-refractivity contribution in [2.75, 3.05) is 5.73 Å². The third-order valence-corrected chi connectivity index (χ3v) is 1.86. The maximum absolute atomic E-state index is 10.1. The summed E-state index contributed by atoms with van der Waals surface area (Å²) in [7, 11) is 0. The summed E-state index contributed by atoms with van der Waals surface area (Å²) in [5.41, 5.74) is 6.51. The Morgan fingerprint density at radius 2 is 1.50 bits per heavy atom. The molecule has 3 heteroatoms. The Hall–Kier alpha value is -2.29. The smallest absolute Gasteiger partial charge is 0.153 e. The lowest BCUT2D eigenvalue weighted by atomic mass is 10.2. The van der Waals surface area contributed by atoms with Gasteiger partial charge in [0.25, 0.3) is 0 Å². The second kappa shape index (κ2) is 6.24. The van der Waals surface area contributed by atoms with Crippen LogP contribution in [0.3, 0.4) is 0 Å². The van der Waals surface area contributed by atoms with Crippen LogP contribution in [0, 0.1) is 0 Å². The number of hydrogen-bond donors (Lipinski definition) is 2. The number of aldehydes is 1. The molecule has 0 aliphatic carbocycles. The number of phenols is 1. The molecule has 0 saturated carbocycles. The minimum Gasteiger partial charge on any atom is -0.507 e. The van der Waals surface area contributed by atoms with Crippen LogP contribution in [0.15, 0.2) is 54.6 Å². The van der Waals surface area contributed by atoms with E-state index in [2.05, 4.69) is 0 Å². The maximum atomic E-state index is 10.1. The molecule has 16 heavy (non-hydrogen) atoms. The molecule has 0 aromatic heterocycles. The Labute approximate surface area is 94.2 Å². The second-order valence-corrected chi connectivity index (χ2v) is 3.09. The summed E-state index contributed by atoms with van der Waals surface area (Å²) < 4.78 is 0. The fourth-order valence-electron chi connectivity index (χ4n) is 1.04. The molecule has 0 aliphatic heterocycles. The molecule has 3 N–H and O–H groups in total. The van der Waals surface area contributed by atoms with Crippen LogP contribution in [0.25, 0.3) is 0 Å². The first-order chi connectivity index (χ1) is 7.74. The molecule has 2 aromatic rings. The van der Waals surface area contributed by atoms with Crippen molar-refractivity contribution in [3.05, 3.63) is 60.2 Å². The molecule has 2 rings (SSSR count). The fraction of sp³-hybridized carbons (Fsp3) is 0. The number of carbonyl (C=O) groups excluding carboxylic acids is 1. The Balaban J connectivity index is 0.000000165. The molecule has 0 spiro atoms. The number of benzene rings is 2. The monoisotopic (exact) mass is 215 g/mol. The summed E-state index contributed by atoms with van der Waals surface area (Å²) in [6.45, 7) is 0. The Morgan fingerprint density at radius 3 is 1.88 bits per heavy atom. The number of anilines is 1. The van der Waals surface area contributed by atoms with E-state index in [0.29, 0.717) is 11.8 Å². The van der Waals surface area contributed by atoms with Crippen LogP contribution in [0.5, 0.6) is 5.75 Å². The van der Waals surface area contributed by atoms with E-state index in [1.54, 1.807) is 18.2 Å². The van der Waals surface area contributed by atoms with Crippen molar-refractivity contribution in [3.63, 3.8) is 0 Å². The summed E-state index contributed by atoms with van der Waals surface area (Å²) in [6, 6.07) is 15.9. The van der Waals surface area contributed by atoms with Crippen molar-refractivity contribution in [1.29, 1.82) is 0 Å². The maximum Gasteiger partial charge on any atom is 0.153 e. The summed E-state index contributed by atoms with van der Waals surface area (Å²) in [4.78, 5) is 10.1. The van der Waals surface area contributed by atoms with Crippen LogP contribution in [-0.2, 0) is 0 Å². The first kappa shape index (κ1) is 11.8. The molecule has 82 valence electrons. The van der Waals surface area contributed by atoms with Crippen molar-refractivity contribution in [2.24, 2.45) is 0 Å². The van der Waals surface area contributed by atoms with Gasteiger partial charge in [0.15, 0.2) is 6.29 Å². The highest BCUT2D eigenvalue weighted by atomic mass is 16.3. The van der Waals surface area contributed by atoms with Gasteiger partial charge in [-0.1, -0.05) is 30.3 Å². The van der Waals surface area contributed by atoms with Gasteiger partial charge in [-0.3, -0.25) is 4.79 Å². The van der Waals surface area contributed by atoms with E-state index in [0.717, 1.165) is 5.69 Å². The normalized spacial score (nSPS) is 8.75. The second-order valence-electron chi connectivity index (χ2n) is 3.09. The Kier molecular flexibility index (Phi) is 4.60. The van der Waals surface area contributed by atoms with Crippen molar-refractivity contribution in [1.82, 2.24) is 0 Å². The zero-order chi connectivity index (χ0) is 11.8. The van der Waals surface area contributed by atoms with E-state index in [1.807, 2.05) is 30.3 Å². The molecule has 2 aromatic carbocycles. The Bertz CT molecular complexity index is 441. The molecule has 0 bridgehead atoms. The topological polar surface area (TPSA) is 63.3 Å². The predicted molar refractivity (Wildman–Crippen MR) is 64.3 cm³/mol. The zero-order valence-electron chi connectivity index (χ0n) is 8.71. The number of hydrogen-bond acceptors (Lipinski definition) is 3. The average Bonchev–Trinajstić information content (AvgIpc) is 2.31. The first-order valence-corrected chi connectivity index (χ1v) is 4.77. The van der Waals surface area contributed by atoms with Crippen LogP contribution < -0.4 is 5.73 Å². The molecule has 0 fully saturated rings. The average molecular weight is 215 g/mol. The molecule has 0 atom stereocenters. The molecule has 0 unspecified atom stereocenters. The van der Waals surface area contributed by atoms with Gasteiger partial charge in [-0.2, -0.15) is 0 Å². The lowest BCUT2D eigenvalue weighted by Crippen LogP contribution is -1.79. The SMILES string of the molecule is Nc1ccccc1.O=Cc1ccccc1O. The number of phenolic OH excluding ortho intramolecular Hbond substituents is 1. The van der Waals surface area contributed by atoms with E-state index >= 15 is 0 Å². The van der Waals surface area contributed by atoms with Gasteiger partial charge in [-0.25, -0.2) is 0 Å². The molecular weight excluding hydrogens is 202 g/mol. The highest BCUT2D eigenvalue weighted by Crippen LogP contribution is 2.11. The van der Waals surface area contributed by atoms with E-state index in [1.165, 1.54) is 6.07 Å². The minimum atomic E-state index is 0.0347. The van der Waals surface area contributed by atoms with Crippen molar-refractivity contribution >= 4 is 12.0 Å². The van der Waals surface area contributed by atoms with Crippen molar-refractivity contribution in [3.8, 4) is 5.75 Å². The van der Waals surface area contributed by atoms with Gasteiger partial charge in [-0.05, 0) is 24.3 Å². The minimum absolute atomic E-state index is 0.0347. The van der Waals surface area contributed by atoms with Gasteiger partial charge in [0, 0.05) is 5.69 Å². The zero-order valence-corrected chi connectivity index (χ0v) is 8.71. The number of para-hydroxylation sites is 2. The number of carbonyl (C=O) groups is 1. The van der Waals surface area contributed by atoms with Gasteiger partial charge in [0.1, 0.15) is 5.75 Å². The van der Waals surface area contributed by atoms with Gasteiger partial charge < -0.3 is 10.8 Å². The van der Waals surface area contributed by atoms with Gasteiger partial charge in [0.05, 0.1) is 5.56 Å². The summed E-state index contributed by atoms with van der Waals surface area (Å²) >= 11 is 0. The number of aromatic hydroxyl groups is 1. The van der Waals surface area contributed by atoms with Crippen molar-refractivity contribution < 1.29 is 9.90 Å². The first-order valence-electron chi connectivity index (χ1n) is 4.77. The number of nitrogens with two attached hydrogens (primary N) is 1. The molecule has 0 aliphatic rings. The van der Waals surface area contributed by atoms with Gasteiger partial charge >= 0.3 is 0 Å². The van der Waals surface area contributed by atoms with Crippen LogP contribution in [0.4, 0.5) is 5.69 Å². The highest BCUT2D eigenvalue weighted by molar-refractivity contribution is 5.78. The molecule has 3 nitrogen and oxygen atoms in total. The summed E-state index contributed by atoms with van der Waals surface area (Å²) in [5.74, 6) is 0.0347. The third-order valence-electron chi connectivity index (χ3n) is 1.86. The molecule has 0 radical (unpaired) electrons. The lowest BCUT2D eigenvalue weighted by Gasteiger charge is -1.91. The number of rotatable bonds is 1. The standard InChI is InChI=1S/C7H6O2.C6H7N/c8-5-6-3-1-2-4-7(6)9;7-6-4-2-1-3-5-6/h1-5,9H;1-5H,7H2. The molecule has 0 heterocycles. The van der Waals surface area contributed by atoms with Gasteiger partial charge in [-0.15, -0.1) is 0 Å². The number of nitrogen functional groups attached to an aromatic ring is 1. The fourth-order valence-corrected chi connectivity index (χ4v) is 1.04. The van der Waals surface area contributed by atoms with E-state index < -0.39 is 0 Å². The highest BCUT2D eigenvalue weighted by Gasteiger charge is 1.93. The van der Waals surface area contributed by atoms with E-state index in [-0.39, 0.29) is 5.75 Å². The third kappa shape index (κ3) is 3.84. The quantitative estimate of drug-likeness (QED) is 0.567. The molecule has 0 amide bonds. The molecular formula is C13H13NO2. The van der Waals surface area contributed by atoms with Crippen LogP contribution in [0.2, 0.25) is 0 Å². The molecule has 0 saturated heterocycles.